The Morgan fingerprint density at radius 1 is 0.926 bits per heavy atom. The highest BCUT2D eigenvalue weighted by Crippen LogP contribution is 2.24. The summed E-state index contributed by atoms with van der Waals surface area (Å²) in [5.41, 5.74) is 1.77. The molecule has 2 N–H and O–H groups in total. The first-order chi connectivity index (χ1) is 13.2. The zero-order valence-electron chi connectivity index (χ0n) is 16.0. The second kappa shape index (κ2) is 12.2. The minimum atomic E-state index is -0.663. The molecule has 0 radical (unpaired) electrons. The number of hydrogen-bond acceptors (Lipinski definition) is 4. The maximum Gasteiger partial charge on any atom is 0.315 e. The van der Waals surface area contributed by atoms with Crippen molar-refractivity contribution in [3.05, 3.63) is 35.7 Å². The van der Waals surface area contributed by atoms with Gasteiger partial charge >= 0.3 is 11.8 Å². The minimum Gasteiger partial charge on any atom is -0.348 e. The quantitative estimate of drug-likeness (QED) is 0.421. The van der Waals surface area contributed by atoms with Crippen LogP contribution in [0.3, 0.4) is 0 Å². The average Bonchev–Trinajstić information content (AvgIpc) is 3.15. The molecule has 0 aliphatic carbocycles. The number of amides is 2. The van der Waals surface area contributed by atoms with Gasteiger partial charge in [-0.2, -0.15) is 0 Å². The van der Waals surface area contributed by atoms with E-state index in [1.807, 2.05) is 35.7 Å². The van der Waals surface area contributed by atoms with Gasteiger partial charge in [-0.05, 0) is 6.42 Å². The van der Waals surface area contributed by atoms with Gasteiger partial charge in [0.15, 0.2) is 5.13 Å². The lowest BCUT2D eigenvalue weighted by molar-refractivity contribution is -0.136. The van der Waals surface area contributed by atoms with E-state index in [-0.39, 0.29) is 0 Å². The van der Waals surface area contributed by atoms with Crippen LogP contribution in [0.1, 0.15) is 58.3 Å². The Morgan fingerprint density at radius 3 is 2.30 bits per heavy atom. The van der Waals surface area contributed by atoms with Gasteiger partial charge in [0, 0.05) is 17.5 Å². The molecule has 2 aromatic rings. The van der Waals surface area contributed by atoms with Gasteiger partial charge in [0.25, 0.3) is 0 Å². The van der Waals surface area contributed by atoms with Gasteiger partial charge in [-0.15, -0.1) is 11.3 Å². The smallest absolute Gasteiger partial charge is 0.315 e. The fourth-order valence-electron chi connectivity index (χ4n) is 2.77. The molecule has 2 rings (SSSR count). The summed E-state index contributed by atoms with van der Waals surface area (Å²) in [4.78, 5) is 28.2. The Hall–Kier alpha value is -2.21. The largest absolute Gasteiger partial charge is 0.348 e. The van der Waals surface area contributed by atoms with Gasteiger partial charge in [-0.1, -0.05) is 82.2 Å². The Bertz CT molecular complexity index is 700. The number of anilines is 1. The van der Waals surface area contributed by atoms with E-state index in [2.05, 4.69) is 22.5 Å². The number of carbonyl (C=O) groups excluding carboxylic acids is 2. The van der Waals surface area contributed by atoms with Crippen LogP contribution in [0.2, 0.25) is 0 Å². The summed E-state index contributed by atoms with van der Waals surface area (Å²) in [6.07, 6.45) is 9.62. The molecule has 27 heavy (non-hydrogen) atoms. The van der Waals surface area contributed by atoms with Crippen molar-refractivity contribution in [2.45, 2.75) is 58.3 Å². The maximum atomic E-state index is 12.0. The molecule has 0 unspecified atom stereocenters. The normalized spacial score (nSPS) is 10.6. The van der Waals surface area contributed by atoms with Crippen LogP contribution in [0.5, 0.6) is 0 Å². The molecule has 5 nitrogen and oxygen atoms in total. The molecule has 0 bridgehead atoms. The number of thiazole rings is 1. The molecule has 0 aliphatic rings. The second-order valence-corrected chi connectivity index (χ2v) is 7.45. The molecule has 0 saturated heterocycles. The number of nitrogens with zero attached hydrogens (tertiary/aromatic N) is 1. The van der Waals surface area contributed by atoms with Crippen LogP contribution in [-0.4, -0.2) is 23.3 Å². The third kappa shape index (κ3) is 7.91. The number of hydrogen-bond donors (Lipinski definition) is 2. The predicted octanol–water partition coefficient (Wildman–Crippen LogP) is 5.01. The molecule has 0 spiro atoms. The molecule has 0 atom stereocenters. The summed E-state index contributed by atoms with van der Waals surface area (Å²) in [6.45, 7) is 2.75. The van der Waals surface area contributed by atoms with E-state index in [9.17, 15) is 9.59 Å². The number of nitrogens with one attached hydrogen (secondary N) is 2. The monoisotopic (exact) mass is 387 g/mol. The topological polar surface area (TPSA) is 71.1 Å². The molecule has 2 amide bonds. The second-order valence-electron chi connectivity index (χ2n) is 6.59. The highest BCUT2D eigenvalue weighted by molar-refractivity contribution is 7.14. The van der Waals surface area contributed by atoms with E-state index in [1.165, 1.54) is 49.9 Å². The minimum absolute atomic E-state index is 0.432. The molecule has 1 aromatic carbocycles. The molecule has 146 valence electrons. The van der Waals surface area contributed by atoms with E-state index in [0.29, 0.717) is 11.7 Å². The van der Waals surface area contributed by atoms with Crippen molar-refractivity contribution in [1.82, 2.24) is 10.3 Å². The number of benzene rings is 1. The van der Waals surface area contributed by atoms with Gasteiger partial charge in [0.1, 0.15) is 0 Å². The van der Waals surface area contributed by atoms with E-state index in [4.69, 9.17) is 0 Å². The van der Waals surface area contributed by atoms with Crippen LogP contribution in [-0.2, 0) is 9.59 Å². The standard InChI is InChI=1S/C21H29N3O2S/c1-2-3-4-5-6-7-8-12-15-22-19(25)20(26)24-21-23-18(16-27-21)17-13-10-9-11-14-17/h9-11,13-14,16H,2-8,12,15H2,1H3,(H,22,25)(H,23,24,26). The molecule has 1 aromatic heterocycles. The summed E-state index contributed by atoms with van der Waals surface area (Å²) in [5.74, 6) is -1.27. The van der Waals surface area contributed by atoms with Crippen molar-refractivity contribution in [1.29, 1.82) is 0 Å². The molecule has 0 fully saturated rings. The first-order valence-corrected chi connectivity index (χ1v) is 10.7. The summed E-state index contributed by atoms with van der Waals surface area (Å²) in [6, 6.07) is 9.72. The Kier molecular flexibility index (Phi) is 9.55. The van der Waals surface area contributed by atoms with E-state index in [0.717, 1.165) is 24.1 Å². The van der Waals surface area contributed by atoms with E-state index in [1.54, 1.807) is 0 Å². The van der Waals surface area contributed by atoms with Gasteiger partial charge in [-0.3, -0.25) is 14.9 Å². The molecule has 0 saturated carbocycles. The Labute approximate surface area is 165 Å². The number of aromatic nitrogens is 1. The van der Waals surface area contributed by atoms with Crippen LogP contribution >= 0.6 is 11.3 Å². The van der Waals surface area contributed by atoms with Crippen LogP contribution in [0, 0.1) is 0 Å². The van der Waals surface area contributed by atoms with Gasteiger partial charge in [0.05, 0.1) is 5.69 Å². The lowest BCUT2D eigenvalue weighted by Crippen LogP contribution is -2.35. The van der Waals surface area contributed by atoms with Gasteiger partial charge < -0.3 is 5.32 Å². The van der Waals surface area contributed by atoms with Crippen molar-refractivity contribution in [2.24, 2.45) is 0 Å². The van der Waals surface area contributed by atoms with Crippen LogP contribution in [0.4, 0.5) is 5.13 Å². The zero-order chi connectivity index (χ0) is 19.3. The third-order valence-corrected chi connectivity index (χ3v) is 5.07. The zero-order valence-corrected chi connectivity index (χ0v) is 16.8. The average molecular weight is 388 g/mol. The van der Waals surface area contributed by atoms with E-state index < -0.39 is 11.8 Å². The van der Waals surface area contributed by atoms with Crippen molar-refractivity contribution in [3.63, 3.8) is 0 Å². The molecule has 1 heterocycles. The van der Waals surface area contributed by atoms with Crippen molar-refractivity contribution in [3.8, 4) is 11.3 Å². The van der Waals surface area contributed by atoms with Crippen LogP contribution < -0.4 is 10.6 Å². The summed E-state index contributed by atoms with van der Waals surface area (Å²) < 4.78 is 0. The fourth-order valence-corrected chi connectivity index (χ4v) is 3.48. The first kappa shape index (κ1) is 21.1. The Balaban J connectivity index is 1.62. The summed E-state index contributed by atoms with van der Waals surface area (Å²) in [7, 11) is 0. The molecular formula is C21H29N3O2S. The number of rotatable bonds is 11. The summed E-state index contributed by atoms with van der Waals surface area (Å²) in [5, 5.41) is 7.54. The van der Waals surface area contributed by atoms with Gasteiger partial charge in [-0.25, -0.2) is 4.98 Å². The van der Waals surface area contributed by atoms with Gasteiger partial charge in [0.2, 0.25) is 0 Å². The third-order valence-electron chi connectivity index (χ3n) is 4.32. The van der Waals surface area contributed by atoms with Crippen LogP contribution in [0.15, 0.2) is 35.7 Å². The maximum absolute atomic E-state index is 12.0. The van der Waals surface area contributed by atoms with E-state index >= 15 is 0 Å². The predicted molar refractivity (Wildman–Crippen MR) is 112 cm³/mol. The van der Waals surface area contributed by atoms with Crippen molar-refractivity contribution < 1.29 is 9.59 Å². The molecule has 0 aliphatic heterocycles. The first-order valence-electron chi connectivity index (χ1n) is 9.81. The lowest BCUT2D eigenvalue weighted by atomic mass is 10.1. The highest BCUT2D eigenvalue weighted by Gasteiger charge is 2.15. The van der Waals surface area contributed by atoms with Crippen LogP contribution in [0.25, 0.3) is 11.3 Å². The highest BCUT2D eigenvalue weighted by atomic mass is 32.1. The fraction of sp³-hybridized carbons (Fsp3) is 0.476. The SMILES string of the molecule is CCCCCCCCCCNC(=O)C(=O)Nc1nc(-c2ccccc2)cs1. The molecular weight excluding hydrogens is 358 g/mol. The molecule has 6 heteroatoms. The lowest BCUT2D eigenvalue weighted by Gasteiger charge is -2.05. The summed E-state index contributed by atoms with van der Waals surface area (Å²) >= 11 is 1.31. The van der Waals surface area contributed by atoms with Crippen molar-refractivity contribution in [2.75, 3.05) is 11.9 Å². The van der Waals surface area contributed by atoms with Crippen molar-refractivity contribution >= 4 is 28.3 Å². The number of unbranched alkanes of at least 4 members (excludes halogenated alkanes) is 7. The number of carbonyl (C=O) groups is 2. The Morgan fingerprint density at radius 2 is 1.59 bits per heavy atom.